The van der Waals surface area contributed by atoms with Crippen molar-refractivity contribution in [3.63, 3.8) is 0 Å². The Morgan fingerprint density at radius 2 is 1.94 bits per heavy atom. The third kappa shape index (κ3) is 3.69. The first-order valence-corrected chi connectivity index (χ1v) is 14.4. The Hall–Kier alpha value is -1.79. The van der Waals surface area contributed by atoms with Crippen molar-refractivity contribution in [3.05, 3.63) is 34.6 Å². The van der Waals surface area contributed by atoms with Gasteiger partial charge in [-0.3, -0.25) is 9.78 Å². The van der Waals surface area contributed by atoms with Crippen molar-refractivity contribution < 1.29 is 10.2 Å². The van der Waals surface area contributed by atoms with Crippen molar-refractivity contribution in [1.82, 2.24) is 15.0 Å². The van der Waals surface area contributed by atoms with E-state index in [0.717, 1.165) is 44.3 Å². The number of nitrogens with one attached hydrogen (secondary N) is 1. The second-order valence-corrected chi connectivity index (χ2v) is 13.3. The third-order valence-corrected chi connectivity index (χ3v) is 11.9. The third-order valence-electron chi connectivity index (χ3n) is 11.9. The fraction of sp³-hybridized carbons (Fsp3) is 0.767. The largest absolute Gasteiger partial charge is 0.393 e. The minimum atomic E-state index is -0.259. The molecule has 2 heterocycles. The molecule has 4 fully saturated rings. The molecule has 0 radical (unpaired) electrons. The van der Waals surface area contributed by atoms with Gasteiger partial charge in [-0.25, -0.2) is 4.98 Å². The highest BCUT2D eigenvalue weighted by molar-refractivity contribution is 5.75. The van der Waals surface area contributed by atoms with Crippen LogP contribution in [0.5, 0.6) is 0 Å². The molecule has 0 saturated heterocycles. The van der Waals surface area contributed by atoms with Gasteiger partial charge >= 0.3 is 0 Å². The Balaban J connectivity index is 1.19. The maximum absolute atomic E-state index is 12.5. The molecule has 196 valence electrons. The summed E-state index contributed by atoms with van der Waals surface area (Å²) in [7, 11) is 0. The number of aryl methyl sites for hydroxylation is 1. The van der Waals surface area contributed by atoms with Crippen molar-refractivity contribution in [2.24, 2.45) is 46.3 Å². The number of hydrogen-bond donors (Lipinski definition) is 3. The molecule has 10 atom stereocenters. The van der Waals surface area contributed by atoms with Crippen LogP contribution in [0.25, 0.3) is 10.9 Å². The van der Waals surface area contributed by atoms with Crippen molar-refractivity contribution >= 4 is 10.9 Å². The average Bonchev–Trinajstić information content (AvgIpc) is 3.22. The highest BCUT2D eigenvalue weighted by Gasteiger charge is 2.63. The number of nitrogens with zero attached hydrogens (tertiary/aromatic N) is 2. The lowest BCUT2D eigenvalue weighted by molar-refractivity contribution is -0.174. The van der Waals surface area contributed by atoms with Gasteiger partial charge in [-0.1, -0.05) is 20.8 Å². The normalized spacial score (nSPS) is 43.0. The zero-order chi connectivity index (χ0) is 25.2. The lowest BCUT2D eigenvalue weighted by Gasteiger charge is -2.62. The van der Waals surface area contributed by atoms with Gasteiger partial charge in [0.15, 0.2) is 0 Å². The molecule has 1 unspecified atom stereocenters. The molecule has 4 aliphatic carbocycles. The molecule has 2 aromatic rings. The van der Waals surface area contributed by atoms with E-state index in [4.69, 9.17) is 0 Å². The monoisotopic (exact) mass is 493 g/mol. The molecule has 0 aromatic carbocycles. The van der Waals surface area contributed by atoms with Crippen LogP contribution in [0.1, 0.15) is 84.4 Å². The zero-order valence-corrected chi connectivity index (χ0v) is 22.1. The van der Waals surface area contributed by atoms with E-state index in [2.05, 4.69) is 35.7 Å². The summed E-state index contributed by atoms with van der Waals surface area (Å²) >= 11 is 0. The number of aromatic amines is 1. The number of pyridine rings is 1. The van der Waals surface area contributed by atoms with E-state index in [-0.39, 0.29) is 28.6 Å². The quantitative estimate of drug-likeness (QED) is 0.564. The van der Waals surface area contributed by atoms with Crippen LogP contribution in [0.2, 0.25) is 0 Å². The lowest BCUT2D eigenvalue weighted by atomic mass is 9.43. The molecular formula is C30H43N3O3. The zero-order valence-electron chi connectivity index (χ0n) is 22.1. The second-order valence-electron chi connectivity index (χ2n) is 13.3. The van der Waals surface area contributed by atoms with Crippen LogP contribution in [-0.4, -0.2) is 37.4 Å². The van der Waals surface area contributed by atoms with Gasteiger partial charge in [0, 0.05) is 12.6 Å². The van der Waals surface area contributed by atoms with Gasteiger partial charge in [0.25, 0.3) is 5.56 Å². The summed E-state index contributed by atoms with van der Waals surface area (Å²) in [5.74, 6) is 4.19. The van der Waals surface area contributed by atoms with Crippen LogP contribution in [0, 0.1) is 46.3 Å². The van der Waals surface area contributed by atoms with E-state index in [9.17, 15) is 15.0 Å². The predicted molar refractivity (Wildman–Crippen MR) is 140 cm³/mol. The molecule has 4 aliphatic rings. The SMILES string of the molecule is C[C@H](CCc1nc2cnccc2c(=O)[nH]1)[C@H]1CC[C@H]2[C@@H]3CC[C@@H]4C[C@H](O)CC[C@]4(C)C3C[C@H](O)[C@]12C. The lowest BCUT2D eigenvalue weighted by Crippen LogP contribution is -2.58. The number of aliphatic hydroxyl groups is 2. The van der Waals surface area contributed by atoms with Crippen molar-refractivity contribution in [2.75, 3.05) is 0 Å². The summed E-state index contributed by atoms with van der Waals surface area (Å²) < 4.78 is 0. The van der Waals surface area contributed by atoms with E-state index < -0.39 is 0 Å². The molecule has 6 nitrogen and oxygen atoms in total. The number of fused-ring (bicyclic) bond motifs is 6. The standard InChI is InChI=1S/C30H43N3O3/c1-17(4-9-27-32-25-16-31-13-11-21(25)28(36)33-27)22-7-8-23-20-6-5-18-14-19(34)10-12-29(18,2)24(20)15-26(35)30(22,23)3/h11,13,16-20,22-24,26,34-35H,4-10,12,14-15H2,1-3H3,(H,32,33,36)/t17-,18-,19-,20+,22-,23+,24?,26+,29+,30-/m1/s1. The molecular weight excluding hydrogens is 450 g/mol. The number of H-pyrrole nitrogens is 1. The van der Waals surface area contributed by atoms with E-state index in [1.54, 1.807) is 18.5 Å². The van der Waals surface area contributed by atoms with Gasteiger partial charge in [0.2, 0.25) is 0 Å². The van der Waals surface area contributed by atoms with Crippen molar-refractivity contribution in [3.8, 4) is 0 Å². The van der Waals surface area contributed by atoms with E-state index in [0.29, 0.717) is 46.4 Å². The maximum atomic E-state index is 12.5. The highest BCUT2D eigenvalue weighted by atomic mass is 16.3. The first kappa shape index (κ1) is 24.5. The number of aromatic nitrogens is 3. The molecule has 4 saturated carbocycles. The minimum Gasteiger partial charge on any atom is -0.393 e. The summed E-state index contributed by atoms with van der Waals surface area (Å²) in [6.45, 7) is 7.23. The van der Waals surface area contributed by atoms with Gasteiger partial charge in [-0.15, -0.1) is 0 Å². The van der Waals surface area contributed by atoms with Crippen LogP contribution >= 0.6 is 0 Å². The Morgan fingerprint density at radius 3 is 2.78 bits per heavy atom. The van der Waals surface area contributed by atoms with E-state index >= 15 is 0 Å². The Morgan fingerprint density at radius 1 is 1.11 bits per heavy atom. The molecule has 6 rings (SSSR count). The summed E-state index contributed by atoms with van der Waals surface area (Å²) in [5.41, 5.74) is 0.804. The molecule has 0 aliphatic heterocycles. The molecule has 3 N–H and O–H groups in total. The van der Waals surface area contributed by atoms with Crippen LogP contribution in [0.3, 0.4) is 0 Å². The minimum absolute atomic E-state index is 0.0356. The molecule has 36 heavy (non-hydrogen) atoms. The van der Waals surface area contributed by atoms with E-state index in [1.807, 2.05) is 0 Å². The predicted octanol–water partition coefficient (Wildman–Crippen LogP) is 4.88. The van der Waals surface area contributed by atoms with Gasteiger partial charge in [-0.05, 0) is 110 Å². The van der Waals surface area contributed by atoms with Crippen LogP contribution < -0.4 is 5.56 Å². The second kappa shape index (κ2) is 8.90. The fourth-order valence-electron chi connectivity index (χ4n) is 9.88. The first-order valence-electron chi connectivity index (χ1n) is 14.4. The number of rotatable bonds is 4. The van der Waals surface area contributed by atoms with E-state index in [1.165, 1.54) is 25.7 Å². The van der Waals surface area contributed by atoms with Gasteiger partial charge in [0.05, 0.1) is 29.3 Å². The van der Waals surface area contributed by atoms with Crippen molar-refractivity contribution in [1.29, 1.82) is 0 Å². The topological polar surface area (TPSA) is 99.1 Å². The summed E-state index contributed by atoms with van der Waals surface area (Å²) in [6.07, 6.45) is 13.4. The summed E-state index contributed by atoms with van der Waals surface area (Å²) in [6, 6.07) is 1.72. The molecule has 0 amide bonds. The summed E-state index contributed by atoms with van der Waals surface area (Å²) in [5, 5.41) is 22.7. The number of aliphatic hydroxyl groups excluding tert-OH is 2. The average molecular weight is 494 g/mol. The fourth-order valence-corrected chi connectivity index (χ4v) is 9.88. The smallest absolute Gasteiger partial charge is 0.258 e. The maximum Gasteiger partial charge on any atom is 0.258 e. The highest BCUT2D eigenvalue weighted by Crippen LogP contribution is 2.68. The van der Waals surface area contributed by atoms with Gasteiger partial charge < -0.3 is 15.2 Å². The molecule has 0 bridgehead atoms. The van der Waals surface area contributed by atoms with Crippen LogP contribution in [-0.2, 0) is 6.42 Å². The van der Waals surface area contributed by atoms with Gasteiger partial charge in [0.1, 0.15) is 5.82 Å². The summed E-state index contributed by atoms with van der Waals surface area (Å²) in [4.78, 5) is 24.3. The van der Waals surface area contributed by atoms with Crippen LogP contribution in [0.15, 0.2) is 23.3 Å². The van der Waals surface area contributed by atoms with Crippen molar-refractivity contribution in [2.45, 2.75) is 97.2 Å². The van der Waals surface area contributed by atoms with Gasteiger partial charge in [-0.2, -0.15) is 0 Å². The Bertz CT molecular complexity index is 1180. The first-order chi connectivity index (χ1) is 17.2. The number of hydrogen-bond acceptors (Lipinski definition) is 5. The Labute approximate surface area is 214 Å². The molecule has 0 spiro atoms. The van der Waals surface area contributed by atoms with Crippen LogP contribution in [0.4, 0.5) is 0 Å². The molecule has 2 aromatic heterocycles. The molecule has 6 heteroatoms. The Kier molecular flexibility index (Phi) is 6.07.